The third-order valence-electron chi connectivity index (χ3n) is 6.87. The first kappa shape index (κ1) is 22.6. The van der Waals surface area contributed by atoms with Gasteiger partial charge in [-0.3, -0.25) is 0 Å². The van der Waals surface area contributed by atoms with Crippen LogP contribution >= 0.6 is 11.8 Å². The normalized spacial score (nSPS) is 26.1. The zero-order valence-electron chi connectivity index (χ0n) is 19.5. The maximum absolute atomic E-state index is 13.5. The van der Waals surface area contributed by atoms with Crippen molar-refractivity contribution in [3.8, 4) is 11.4 Å². The molecule has 2 aromatic rings. The number of nitrogens with zero attached hydrogens (tertiary/aromatic N) is 4. The van der Waals surface area contributed by atoms with Crippen LogP contribution in [-0.4, -0.2) is 56.6 Å². The van der Waals surface area contributed by atoms with Crippen molar-refractivity contribution in [2.24, 2.45) is 11.8 Å². The van der Waals surface area contributed by atoms with Gasteiger partial charge in [0.1, 0.15) is 11.4 Å². The molecule has 2 aliphatic carbocycles. The van der Waals surface area contributed by atoms with Crippen LogP contribution in [0.3, 0.4) is 0 Å². The number of fused-ring (bicyclic) bond motifs is 1. The van der Waals surface area contributed by atoms with Crippen LogP contribution in [-0.2, 0) is 16.7 Å². The lowest BCUT2D eigenvalue weighted by Gasteiger charge is -2.35. The predicted octanol–water partition coefficient (Wildman–Crippen LogP) is 5.22. The third-order valence-corrected chi connectivity index (χ3v) is 7.61. The van der Waals surface area contributed by atoms with E-state index < -0.39 is 11.5 Å². The van der Waals surface area contributed by atoms with E-state index in [4.69, 9.17) is 14.8 Å². The number of likely N-dealkylation sites (tertiary alicyclic amines) is 1. The van der Waals surface area contributed by atoms with Crippen molar-refractivity contribution in [1.82, 2.24) is 19.7 Å². The summed E-state index contributed by atoms with van der Waals surface area (Å²) in [6.07, 6.45) is 2.43. The van der Waals surface area contributed by atoms with Gasteiger partial charge in [0.05, 0.1) is 5.41 Å². The number of rotatable bonds is 5. The molecule has 6 nitrogen and oxygen atoms in total. The Morgan fingerprint density at radius 2 is 1.91 bits per heavy atom. The molecule has 2 heterocycles. The molecule has 0 bridgehead atoms. The van der Waals surface area contributed by atoms with Gasteiger partial charge in [-0.1, -0.05) is 12.1 Å². The number of hydrogen-bond donors (Lipinski definition) is 0. The molecule has 178 valence electrons. The quantitative estimate of drug-likeness (QED) is 0.554. The van der Waals surface area contributed by atoms with E-state index in [1.54, 1.807) is 16.7 Å². The topological polar surface area (TPSA) is 60.3 Å². The van der Waals surface area contributed by atoms with Crippen molar-refractivity contribution in [3.63, 3.8) is 0 Å². The van der Waals surface area contributed by atoms with Crippen LogP contribution in [0.25, 0.3) is 11.4 Å². The third kappa shape index (κ3) is 4.36. The van der Waals surface area contributed by atoms with E-state index in [1.807, 2.05) is 56.0 Å². The molecule has 3 fully saturated rings. The van der Waals surface area contributed by atoms with Crippen molar-refractivity contribution in [2.75, 3.05) is 19.3 Å². The number of piperidine rings is 1. The molecule has 0 unspecified atom stereocenters. The SMILES string of the molecule is CSc1ccc(-c2nc([C@@]34C[C@@H]3CN(C(=O)OC(C)(C)C)C4)n(CC3CC(F)(F)C3)n2)cc1. The second kappa shape index (κ2) is 7.68. The molecule has 2 saturated carbocycles. The molecular formula is C24H30F2N4O2S. The standard InChI is InChI=1S/C24H30F2N4O2S/c1-22(2,3)32-21(31)29-13-17-11-23(17,14-29)20-27-19(16-5-7-18(33-4)8-6-16)28-30(20)12-15-9-24(25,26)10-15/h5-8,15,17H,9-14H2,1-4H3/t17-,23-/m1/s1. The number of carbonyl (C=O) groups excluding carboxylic acids is 1. The van der Waals surface area contributed by atoms with E-state index in [1.165, 1.54) is 0 Å². The molecular weight excluding hydrogens is 446 g/mol. The molecule has 1 aliphatic heterocycles. The summed E-state index contributed by atoms with van der Waals surface area (Å²) in [5.74, 6) is -0.952. The molecule has 0 spiro atoms. The first-order valence-corrected chi connectivity index (χ1v) is 12.7. The molecule has 1 aromatic heterocycles. The first-order valence-electron chi connectivity index (χ1n) is 11.4. The van der Waals surface area contributed by atoms with Gasteiger partial charge in [-0.05, 0) is 57.4 Å². The van der Waals surface area contributed by atoms with Crippen molar-refractivity contribution < 1.29 is 18.3 Å². The zero-order chi connectivity index (χ0) is 23.6. The average molecular weight is 477 g/mol. The fraction of sp³-hybridized carbons (Fsp3) is 0.625. The Labute approximate surface area is 197 Å². The van der Waals surface area contributed by atoms with Gasteiger partial charge in [-0.2, -0.15) is 5.10 Å². The zero-order valence-corrected chi connectivity index (χ0v) is 20.3. The van der Waals surface area contributed by atoms with Crippen LogP contribution < -0.4 is 0 Å². The summed E-state index contributed by atoms with van der Waals surface area (Å²) in [6.45, 7) is 7.16. The fourth-order valence-electron chi connectivity index (χ4n) is 5.15. The van der Waals surface area contributed by atoms with Crippen LogP contribution in [0.1, 0.15) is 45.9 Å². The Kier molecular flexibility index (Phi) is 5.27. The number of aromatic nitrogens is 3. The first-order chi connectivity index (χ1) is 15.5. The highest BCUT2D eigenvalue weighted by Crippen LogP contribution is 2.59. The number of carbonyl (C=O) groups is 1. The molecule has 9 heteroatoms. The van der Waals surface area contributed by atoms with Crippen LogP contribution in [0.2, 0.25) is 0 Å². The van der Waals surface area contributed by atoms with E-state index >= 15 is 0 Å². The highest BCUT2D eigenvalue weighted by molar-refractivity contribution is 7.98. The van der Waals surface area contributed by atoms with E-state index in [0.29, 0.717) is 31.4 Å². The van der Waals surface area contributed by atoms with E-state index in [0.717, 1.165) is 22.7 Å². The Hall–Kier alpha value is -2.16. The van der Waals surface area contributed by atoms with Gasteiger partial charge in [0.25, 0.3) is 0 Å². The van der Waals surface area contributed by atoms with Crippen LogP contribution in [0.15, 0.2) is 29.2 Å². The molecule has 1 saturated heterocycles. The fourth-order valence-corrected chi connectivity index (χ4v) is 5.56. The van der Waals surface area contributed by atoms with Crippen molar-refractivity contribution in [3.05, 3.63) is 30.1 Å². The average Bonchev–Trinajstić information content (AvgIpc) is 3.06. The number of hydrogen-bond acceptors (Lipinski definition) is 5. The Balaban J connectivity index is 1.42. The minimum absolute atomic E-state index is 0.107. The van der Waals surface area contributed by atoms with Crippen molar-refractivity contribution in [1.29, 1.82) is 0 Å². The van der Waals surface area contributed by atoms with Crippen LogP contribution in [0, 0.1) is 11.8 Å². The Morgan fingerprint density at radius 1 is 1.21 bits per heavy atom. The summed E-state index contributed by atoms with van der Waals surface area (Å²) >= 11 is 1.67. The minimum atomic E-state index is -2.57. The lowest BCUT2D eigenvalue weighted by atomic mass is 9.81. The smallest absolute Gasteiger partial charge is 0.410 e. The second-order valence-corrected chi connectivity index (χ2v) is 11.6. The van der Waals surface area contributed by atoms with E-state index in [2.05, 4.69) is 0 Å². The van der Waals surface area contributed by atoms with Crippen LogP contribution in [0.5, 0.6) is 0 Å². The number of halogens is 2. The number of thioether (sulfide) groups is 1. The molecule has 3 aliphatic rings. The minimum Gasteiger partial charge on any atom is -0.444 e. The molecule has 2 atom stereocenters. The Morgan fingerprint density at radius 3 is 2.52 bits per heavy atom. The van der Waals surface area contributed by atoms with E-state index in [9.17, 15) is 13.6 Å². The molecule has 0 N–H and O–H groups in total. The highest BCUT2D eigenvalue weighted by atomic mass is 32.2. The van der Waals surface area contributed by atoms with Gasteiger partial charge in [-0.15, -0.1) is 11.8 Å². The maximum Gasteiger partial charge on any atom is 0.410 e. The maximum atomic E-state index is 13.5. The van der Waals surface area contributed by atoms with Gasteiger partial charge in [0, 0.05) is 42.9 Å². The van der Waals surface area contributed by atoms with Crippen LogP contribution in [0.4, 0.5) is 13.6 Å². The van der Waals surface area contributed by atoms with Gasteiger partial charge in [0.15, 0.2) is 5.82 Å². The lowest BCUT2D eigenvalue weighted by Crippen LogP contribution is -2.39. The van der Waals surface area contributed by atoms with Gasteiger partial charge >= 0.3 is 6.09 Å². The van der Waals surface area contributed by atoms with Crippen molar-refractivity contribution in [2.45, 2.75) is 68.4 Å². The van der Waals surface area contributed by atoms with Crippen molar-refractivity contribution >= 4 is 17.9 Å². The highest BCUT2D eigenvalue weighted by Gasteiger charge is 2.65. The second-order valence-electron chi connectivity index (χ2n) is 10.7. The van der Waals surface area contributed by atoms with Gasteiger partial charge in [0.2, 0.25) is 5.92 Å². The summed E-state index contributed by atoms with van der Waals surface area (Å²) in [7, 11) is 0. The summed E-state index contributed by atoms with van der Waals surface area (Å²) in [5.41, 5.74) is 0.0818. The molecule has 5 rings (SSSR count). The van der Waals surface area contributed by atoms with Gasteiger partial charge in [-0.25, -0.2) is 23.2 Å². The number of benzene rings is 1. The molecule has 1 amide bonds. The van der Waals surface area contributed by atoms with Gasteiger partial charge < -0.3 is 9.64 Å². The molecule has 33 heavy (non-hydrogen) atoms. The molecule has 0 radical (unpaired) electrons. The summed E-state index contributed by atoms with van der Waals surface area (Å²) in [4.78, 5) is 20.5. The number of alkyl halides is 2. The lowest BCUT2D eigenvalue weighted by molar-refractivity contribution is -0.115. The summed E-state index contributed by atoms with van der Waals surface area (Å²) in [6, 6.07) is 8.06. The summed E-state index contributed by atoms with van der Waals surface area (Å²) < 4.78 is 34.4. The largest absolute Gasteiger partial charge is 0.444 e. The van der Waals surface area contributed by atoms with E-state index in [-0.39, 0.29) is 30.3 Å². The number of amides is 1. The number of ether oxygens (including phenoxy) is 1. The monoisotopic (exact) mass is 476 g/mol. The predicted molar refractivity (Wildman–Crippen MR) is 123 cm³/mol. The summed E-state index contributed by atoms with van der Waals surface area (Å²) in [5, 5.41) is 4.77. The Bertz CT molecular complexity index is 1060. The molecule has 1 aromatic carbocycles.